The Kier molecular flexibility index (Phi) is 5.84. The Hall–Kier alpha value is -1.37. The van der Waals surface area contributed by atoms with Crippen LogP contribution in [0.15, 0.2) is 35.4 Å². The van der Waals surface area contributed by atoms with Gasteiger partial charge in [0.2, 0.25) is 0 Å². The van der Waals surface area contributed by atoms with E-state index in [1.807, 2.05) is 13.8 Å². The molecule has 1 aliphatic carbocycles. The normalized spacial score (nSPS) is 13.6. The summed E-state index contributed by atoms with van der Waals surface area (Å²) >= 11 is 0. The van der Waals surface area contributed by atoms with Crippen LogP contribution in [0.5, 0.6) is 0 Å². The molecule has 0 heterocycles. The van der Waals surface area contributed by atoms with Gasteiger partial charge < -0.3 is 0 Å². The van der Waals surface area contributed by atoms with E-state index >= 15 is 0 Å². The summed E-state index contributed by atoms with van der Waals surface area (Å²) in [5.74, 6) is 0.343. The Morgan fingerprint density at radius 2 is 1.33 bits per heavy atom. The fourth-order valence-electron chi connectivity index (χ4n) is 2.03. The molecule has 1 aromatic carbocycles. The van der Waals surface area contributed by atoms with Crippen molar-refractivity contribution in [3.8, 4) is 0 Å². The van der Waals surface area contributed by atoms with Crippen molar-refractivity contribution in [1.29, 1.82) is 0 Å². The lowest BCUT2D eigenvalue weighted by atomic mass is 9.88. The summed E-state index contributed by atoms with van der Waals surface area (Å²) in [5.41, 5.74) is 6.13. The second-order valence-electron chi connectivity index (χ2n) is 4.93. The first kappa shape index (κ1) is 14.7. The van der Waals surface area contributed by atoms with Gasteiger partial charge in [-0.25, -0.2) is 0 Å². The lowest BCUT2D eigenvalue weighted by Gasteiger charge is -2.18. The predicted octanol–water partition coefficient (Wildman–Crippen LogP) is 4.50. The van der Waals surface area contributed by atoms with Crippen molar-refractivity contribution >= 4 is 5.78 Å². The molecule has 0 saturated carbocycles. The van der Waals surface area contributed by atoms with Crippen molar-refractivity contribution in [3.05, 3.63) is 46.5 Å². The standard InChI is InChI=1S/C12H14.C5H10O/c1-9-7-11-5-3-4-6-12(11)8-10(9)2;1-3-5(6)4-2/h3-6H,7-8H2,1-2H3;3-4H2,1-2H3. The Morgan fingerprint density at radius 3 is 1.61 bits per heavy atom. The van der Waals surface area contributed by atoms with Crippen molar-refractivity contribution in [2.75, 3.05) is 0 Å². The molecule has 0 N–H and O–H groups in total. The van der Waals surface area contributed by atoms with Crippen LogP contribution in [0.2, 0.25) is 0 Å². The molecule has 2 rings (SSSR count). The summed E-state index contributed by atoms with van der Waals surface area (Å²) in [4.78, 5) is 10.2. The molecule has 0 amide bonds. The average Bonchev–Trinajstić information content (AvgIpc) is 2.40. The van der Waals surface area contributed by atoms with Crippen molar-refractivity contribution in [1.82, 2.24) is 0 Å². The van der Waals surface area contributed by atoms with Crippen LogP contribution in [0.1, 0.15) is 51.7 Å². The summed E-state index contributed by atoms with van der Waals surface area (Å²) in [5, 5.41) is 0. The van der Waals surface area contributed by atoms with E-state index < -0.39 is 0 Å². The molecular formula is C17H24O. The van der Waals surface area contributed by atoms with Crippen molar-refractivity contribution in [2.45, 2.75) is 53.4 Å². The van der Waals surface area contributed by atoms with Crippen molar-refractivity contribution in [3.63, 3.8) is 0 Å². The molecule has 1 heteroatoms. The molecule has 18 heavy (non-hydrogen) atoms. The highest BCUT2D eigenvalue weighted by Gasteiger charge is 2.10. The zero-order chi connectivity index (χ0) is 13.5. The van der Waals surface area contributed by atoms with Crippen LogP contribution in [0.3, 0.4) is 0 Å². The van der Waals surface area contributed by atoms with Crippen LogP contribution >= 0.6 is 0 Å². The molecule has 0 aromatic heterocycles. The Morgan fingerprint density at radius 1 is 0.944 bits per heavy atom. The van der Waals surface area contributed by atoms with Gasteiger partial charge >= 0.3 is 0 Å². The SMILES string of the molecule is CC1=C(C)Cc2ccccc2C1.CCC(=O)CC. The van der Waals surface area contributed by atoms with Gasteiger partial charge in [-0.2, -0.15) is 0 Å². The first-order chi connectivity index (χ1) is 8.58. The lowest BCUT2D eigenvalue weighted by molar-refractivity contribution is -0.118. The van der Waals surface area contributed by atoms with E-state index in [1.165, 1.54) is 11.1 Å². The van der Waals surface area contributed by atoms with Gasteiger partial charge in [0.1, 0.15) is 5.78 Å². The largest absolute Gasteiger partial charge is 0.300 e. The number of ketones is 1. The number of carbonyl (C=O) groups is 1. The minimum absolute atomic E-state index is 0.343. The fraction of sp³-hybridized carbons (Fsp3) is 0.471. The molecule has 0 bridgehead atoms. The first-order valence-electron chi connectivity index (χ1n) is 6.82. The third-order valence-electron chi connectivity index (χ3n) is 3.55. The minimum atomic E-state index is 0.343. The highest BCUT2D eigenvalue weighted by molar-refractivity contribution is 5.77. The maximum absolute atomic E-state index is 10.2. The molecule has 0 aliphatic heterocycles. The van der Waals surface area contributed by atoms with Crippen LogP contribution in [0.25, 0.3) is 0 Å². The van der Waals surface area contributed by atoms with E-state index in [2.05, 4.69) is 38.1 Å². The van der Waals surface area contributed by atoms with Crippen molar-refractivity contribution in [2.24, 2.45) is 0 Å². The second-order valence-corrected chi connectivity index (χ2v) is 4.93. The van der Waals surface area contributed by atoms with Crippen LogP contribution in [0.4, 0.5) is 0 Å². The van der Waals surface area contributed by atoms with E-state index in [1.54, 1.807) is 11.1 Å². The predicted molar refractivity (Wildman–Crippen MR) is 77.8 cm³/mol. The van der Waals surface area contributed by atoms with Gasteiger partial charge in [0.25, 0.3) is 0 Å². The van der Waals surface area contributed by atoms with Crippen LogP contribution < -0.4 is 0 Å². The monoisotopic (exact) mass is 244 g/mol. The maximum atomic E-state index is 10.2. The topological polar surface area (TPSA) is 17.1 Å². The molecule has 0 spiro atoms. The molecule has 1 nitrogen and oxygen atoms in total. The van der Waals surface area contributed by atoms with Crippen LogP contribution in [-0.2, 0) is 17.6 Å². The molecule has 1 aliphatic rings. The third-order valence-corrected chi connectivity index (χ3v) is 3.55. The van der Waals surface area contributed by atoms with E-state index in [4.69, 9.17) is 0 Å². The Labute approximate surface area is 111 Å². The van der Waals surface area contributed by atoms with E-state index in [0.717, 1.165) is 12.8 Å². The highest BCUT2D eigenvalue weighted by atomic mass is 16.1. The summed E-state index contributed by atoms with van der Waals surface area (Å²) in [6.45, 7) is 8.24. The van der Waals surface area contributed by atoms with Gasteiger partial charge in [-0.3, -0.25) is 4.79 Å². The molecular weight excluding hydrogens is 220 g/mol. The average molecular weight is 244 g/mol. The number of carbonyl (C=O) groups excluding carboxylic acids is 1. The van der Waals surface area contributed by atoms with Gasteiger partial charge in [-0.15, -0.1) is 0 Å². The summed E-state index contributed by atoms with van der Waals surface area (Å²) in [6.07, 6.45) is 3.69. The zero-order valence-corrected chi connectivity index (χ0v) is 12.0. The summed E-state index contributed by atoms with van der Waals surface area (Å²) in [7, 11) is 0. The summed E-state index contributed by atoms with van der Waals surface area (Å²) < 4.78 is 0. The highest BCUT2D eigenvalue weighted by Crippen LogP contribution is 2.24. The maximum Gasteiger partial charge on any atom is 0.132 e. The first-order valence-corrected chi connectivity index (χ1v) is 6.82. The van der Waals surface area contributed by atoms with Gasteiger partial charge in [0.05, 0.1) is 0 Å². The number of benzene rings is 1. The van der Waals surface area contributed by atoms with Crippen LogP contribution in [0, 0.1) is 0 Å². The molecule has 0 radical (unpaired) electrons. The Balaban J connectivity index is 0.000000232. The third kappa shape index (κ3) is 4.14. The molecule has 98 valence electrons. The smallest absolute Gasteiger partial charge is 0.132 e. The van der Waals surface area contributed by atoms with Crippen molar-refractivity contribution < 1.29 is 4.79 Å². The molecule has 0 saturated heterocycles. The van der Waals surface area contributed by atoms with Crippen LogP contribution in [-0.4, -0.2) is 5.78 Å². The van der Waals surface area contributed by atoms with Gasteiger partial charge in [-0.1, -0.05) is 49.3 Å². The van der Waals surface area contributed by atoms with Gasteiger partial charge in [0, 0.05) is 12.8 Å². The molecule has 0 atom stereocenters. The number of hydrogen-bond acceptors (Lipinski definition) is 1. The molecule has 0 fully saturated rings. The van der Waals surface area contributed by atoms with E-state index in [-0.39, 0.29) is 0 Å². The van der Waals surface area contributed by atoms with E-state index in [9.17, 15) is 4.79 Å². The lowest BCUT2D eigenvalue weighted by Crippen LogP contribution is -2.04. The Bertz CT molecular complexity index is 402. The second kappa shape index (κ2) is 7.15. The quantitative estimate of drug-likeness (QED) is 0.700. The minimum Gasteiger partial charge on any atom is -0.300 e. The van der Waals surface area contributed by atoms with Gasteiger partial charge in [0.15, 0.2) is 0 Å². The van der Waals surface area contributed by atoms with E-state index in [0.29, 0.717) is 18.6 Å². The number of hydrogen-bond donors (Lipinski definition) is 0. The number of Topliss-reactive ketones (excluding diaryl/α,β-unsaturated/α-hetero) is 1. The summed E-state index contributed by atoms with van der Waals surface area (Å²) in [6, 6.07) is 8.75. The molecule has 1 aromatic rings. The fourth-order valence-corrected chi connectivity index (χ4v) is 2.03. The number of fused-ring (bicyclic) bond motifs is 1. The number of rotatable bonds is 2. The number of allylic oxidation sites excluding steroid dienone is 2. The van der Waals surface area contributed by atoms with Gasteiger partial charge in [-0.05, 0) is 37.8 Å². The molecule has 0 unspecified atom stereocenters. The zero-order valence-electron chi connectivity index (χ0n) is 12.0.